The van der Waals surface area contributed by atoms with Crippen LogP contribution in [0.1, 0.15) is 38.3 Å². The molecule has 0 spiro atoms. The first-order valence-corrected chi connectivity index (χ1v) is 7.58. The zero-order valence-electron chi connectivity index (χ0n) is 11.6. The summed E-state index contributed by atoms with van der Waals surface area (Å²) in [4.78, 5) is 2.42. The highest BCUT2D eigenvalue weighted by Crippen LogP contribution is 2.37. The monoisotopic (exact) mass is 300 g/mol. The van der Waals surface area contributed by atoms with Crippen LogP contribution < -0.4 is 5.73 Å². The Labute approximate surface area is 125 Å². The molecular weight excluding hydrogens is 279 g/mol. The van der Waals surface area contributed by atoms with Crippen LogP contribution in [0.15, 0.2) is 18.2 Å². The molecule has 1 aromatic carbocycles. The second-order valence-electron chi connectivity index (χ2n) is 6.09. The first-order chi connectivity index (χ1) is 8.94. The Morgan fingerprint density at radius 2 is 1.74 bits per heavy atom. The normalized spacial score (nSPS) is 21.3. The number of piperidine rings is 1. The molecule has 1 aliphatic rings. The van der Waals surface area contributed by atoms with E-state index in [2.05, 4.69) is 18.7 Å². The standard InChI is InChI=1S/C15H22Cl2N2/c1-15(2)6-8-19(9-7-15)13(10-18)14-11(16)4-3-5-12(14)17/h3-5,13H,6-10,18H2,1-2H3. The predicted molar refractivity (Wildman–Crippen MR) is 82.8 cm³/mol. The molecule has 0 aromatic heterocycles. The number of rotatable bonds is 3. The Balaban J connectivity index is 2.21. The minimum atomic E-state index is 0.122. The van der Waals surface area contributed by atoms with Gasteiger partial charge in [-0.15, -0.1) is 0 Å². The molecule has 106 valence electrons. The molecule has 1 heterocycles. The fraction of sp³-hybridized carbons (Fsp3) is 0.600. The largest absolute Gasteiger partial charge is 0.329 e. The molecule has 2 nitrogen and oxygen atoms in total. The summed E-state index contributed by atoms with van der Waals surface area (Å²) in [5.74, 6) is 0. The van der Waals surface area contributed by atoms with Crippen molar-refractivity contribution < 1.29 is 0 Å². The molecule has 1 aliphatic heterocycles. The Kier molecular flexibility index (Phi) is 4.78. The van der Waals surface area contributed by atoms with Gasteiger partial charge in [-0.3, -0.25) is 4.90 Å². The van der Waals surface area contributed by atoms with Crippen molar-refractivity contribution in [2.45, 2.75) is 32.7 Å². The maximum absolute atomic E-state index is 6.31. The number of nitrogens with two attached hydrogens (primary N) is 1. The molecule has 0 bridgehead atoms. The highest BCUT2D eigenvalue weighted by atomic mass is 35.5. The summed E-state index contributed by atoms with van der Waals surface area (Å²) in [6.45, 7) is 7.30. The smallest absolute Gasteiger partial charge is 0.0500 e. The van der Waals surface area contributed by atoms with E-state index >= 15 is 0 Å². The molecule has 4 heteroatoms. The number of nitrogens with zero attached hydrogens (tertiary/aromatic N) is 1. The number of hydrogen-bond donors (Lipinski definition) is 1. The molecule has 2 N–H and O–H groups in total. The van der Waals surface area contributed by atoms with Crippen molar-refractivity contribution in [2.75, 3.05) is 19.6 Å². The number of likely N-dealkylation sites (tertiary alicyclic amines) is 1. The van der Waals surface area contributed by atoms with Crippen LogP contribution in [0, 0.1) is 5.41 Å². The van der Waals surface area contributed by atoms with Crippen molar-refractivity contribution in [3.8, 4) is 0 Å². The van der Waals surface area contributed by atoms with Crippen molar-refractivity contribution >= 4 is 23.2 Å². The van der Waals surface area contributed by atoms with Crippen LogP contribution in [-0.4, -0.2) is 24.5 Å². The van der Waals surface area contributed by atoms with Gasteiger partial charge < -0.3 is 5.73 Å². The minimum absolute atomic E-state index is 0.122. The fourth-order valence-electron chi connectivity index (χ4n) is 2.72. The topological polar surface area (TPSA) is 29.3 Å². The zero-order valence-corrected chi connectivity index (χ0v) is 13.1. The quantitative estimate of drug-likeness (QED) is 0.910. The van der Waals surface area contributed by atoms with E-state index in [1.807, 2.05) is 18.2 Å². The van der Waals surface area contributed by atoms with Gasteiger partial charge in [-0.1, -0.05) is 43.1 Å². The summed E-state index contributed by atoms with van der Waals surface area (Å²) in [5.41, 5.74) is 7.39. The Morgan fingerprint density at radius 3 is 2.21 bits per heavy atom. The lowest BCUT2D eigenvalue weighted by Gasteiger charge is -2.41. The van der Waals surface area contributed by atoms with Crippen molar-refractivity contribution in [3.05, 3.63) is 33.8 Å². The van der Waals surface area contributed by atoms with Gasteiger partial charge >= 0.3 is 0 Å². The Hall–Kier alpha value is -0.280. The first kappa shape index (κ1) is 15.1. The van der Waals surface area contributed by atoms with E-state index < -0.39 is 0 Å². The number of hydrogen-bond acceptors (Lipinski definition) is 2. The van der Waals surface area contributed by atoms with E-state index in [1.54, 1.807) is 0 Å². The SMILES string of the molecule is CC1(C)CCN(C(CN)c2c(Cl)cccc2Cl)CC1. The van der Waals surface area contributed by atoms with E-state index in [9.17, 15) is 0 Å². The van der Waals surface area contributed by atoms with Crippen LogP contribution >= 0.6 is 23.2 Å². The molecule has 0 amide bonds. The molecule has 0 saturated carbocycles. The predicted octanol–water partition coefficient (Wildman–Crippen LogP) is 4.12. The van der Waals surface area contributed by atoms with E-state index in [4.69, 9.17) is 28.9 Å². The van der Waals surface area contributed by atoms with Crippen molar-refractivity contribution in [2.24, 2.45) is 11.1 Å². The summed E-state index contributed by atoms with van der Waals surface area (Å²) in [6.07, 6.45) is 2.37. The summed E-state index contributed by atoms with van der Waals surface area (Å²) < 4.78 is 0. The van der Waals surface area contributed by atoms with E-state index in [1.165, 1.54) is 12.8 Å². The fourth-order valence-corrected chi connectivity index (χ4v) is 3.37. The van der Waals surface area contributed by atoms with E-state index in [-0.39, 0.29) is 6.04 Å². The second kappa shape index (κ2) is 6.01. The molecule has 1 saturated heterocycles. The molecule has 1 fully saturated rings. The van der Waals surface area contributed by atoms with Gasteiger partial charge in [0, 0.05) is 28.2 Å². The van der Waals surface area contributed by atoms with Gasteiger partial charge in [0.15, 0.2) is 0 Å². The summed E-state index contributed by atoms with van der Waals surface area (Å²) in [7, 11) is 0. The minimum Gasteiger partial charge on any atom is -0.329 e. The third-order valence-electron chi connectivity index (χ3n) is 4.15. The Bertz CT molecular complexity index is 416. The van der Waals surface area contributed by atoms with Crippen LogP contribution in [-0.2, 0) is 0 Å². The van der Waals surface area contributed by atoms with Crippen LogP contribution in [0.4, 0.5) is 0 Å². The lowest BCUT2D eigenvalue weighted by Crippen LogP contribution is -2.42. The molecule has 1 atom stereocenters. The number of halogens is 2. The second-order valence-corrected chi connectivity index (χ2v) is 6.90. The first-order valence-electron chi connectivity index (χ1n) is 6.82. The van der Waals surface area contributed by atoms with Gasteiger partial charge in [0.25, 0.3) is 0 Å². The average molecular weight is 301 g/mol. The third-order valence-corrected chi connectivity index (χ3v) is 4.81. The van der Waals surface area contributed by atoms with Crippen LogP contribution in [0.5, 0.6) is 0 Å². The summed E-state index contributed by atoms with van der Waals surface area (Å²) in [5, 5.41) is 1.43. The maximum Gasteiger partial charge on any atom is 0.0500 e. The van der Waals surface area contributed by atoms with Gasteiger partial charge in [-0.05, 0) is 43.5 Å². The maximum atomic E-state index is 6.31. The highest BCUT2D eigenvalue weighted by molar-refractivity contribution is 6.36. The summed E-state index contributed by atoms with van der Waals surface area (Å²) >= 11 is 12.6. The average Bonchev–Trinajstić information content (AvgIpc) is 2.35. The van der Waals surface area contributed by atoms with Gasteiger partial charge in [0.05, 0.1) is 0 Å². The lowest BCUT2D eigenvalue weighted by molar-refractivity contribution is 0.0965. The van der Waals surface area contributed by atoms with E-state index in [0.717, 1.165) is 18.7 Å². The van der Waals surface area contributed by atoms with Crippen LogP contribution in [0.3, 0.4) is 0 Å². The Morgan fingerprint density at radius 1 is 1.21 bits per heavy atom. The van der Waals surface area contributed by atoms with Crippen LogP contribution in [0.2, 0.25) is 10.0 Å². The van der Waals surface area contributed by atoms with Crippen LogP contribution in [0.25, 0.3) is 0 Å². The van der Waals surface area contributed by atoms with Gasteiger partial charge in [0.1, 0.15) is 0 Å². The molecule has 2 rings (SSSR count). The molecule has 19 heavy (non-hydrogen) atoms. The molecule has 0 aliphatic carbocycles. The molecule has 0 radical (unpaired) electrons. The highest BCUT2D eigenvalue weighted by Gasteiger charge is 2.31. The van der Waals surface area contributed by atoms with Crippen molar-refractivity contribution in [3.63, 3.8) is 0 Å². The number of benzene rings is 1. The van der Waals surface area contributed by atoms with Gasteiger partial charge in [-0.2, -0.15) is 0 Å². The molecule has 1 aromatic rings. The van der Waals surface area contributed by atoms with Crippen molar-refractivity contribution in [1.82, 2.24) is 4.90 Å². The van der Waals surface area contributed by atoms with Crippen molar-refractivity contribution in [1.29, 1.82) is 0 Å². The van der Waals surface area contributed by atoms with Gasteiger partial charge in [0.2, 0.25) is 0 Å². The molecule has 1 unspecified atom stereocenters. The van der Waals surface area contributed by atoms with E-state index in [0.29, 0.717) is 22.0 Å². The molecular formula is C15H22Cl2N2. The zero-order chi connectivity index (χ0) is 14.0. The summed E-state index contributed by atoms with van der Waals surface area (Å²) in [6, 6.07) is 5.77. The lowest BCUT2D eigenvalue weighted by atomic mass is 9.82. The third kappa shape index (κ3) is 3.43. The van der Waals surface area contributed by atoms with Gasteiger partial charge in [-0.25, -0.2) is 0 Å².